The Morgan fingerprint density at radius 1 is 0.457 bits per heavy atom. The molecule has 0 saturated heterocycles. The fraction of sp³-hybridized carbons (Fsp3) is 0.0465. The van der Waals surface area contributed by atoms with Crippen LogP contribution in [-0.2, 0) is 4.52 Å². The summed E-state index contributed by atoms with van der Waals surface area (Å²) in [6.45, 7) is 0.231. The van der Waals surface area contributed by atoms with E-state index in [0.717, 1.165) is 54.8 Å². The van der Waals surface area contributed by atoms with Gasteiger partial charge in [0, 0.05) is 0 Å². The van der Waals surface area contributed by atoms with Crippen LogP contribution in [0.4, 0.5) is 0 Å². The van der Waals surface area contributed by atoms with Crippen LogP contribution in [0.1, 0.15) is 30.5 Å². The quantitative estimate of drug-likeness (QED) is 0.164. The Kier molecular flexibility index (Phi) is 7.83. The van der Waals surface area contributed by atoms with Crippen LogP contribution >= 0.6 is 6.83 Å². The summed E-state index contributed by atoms with van der Waals surface area (Å²) in [7, 11) is 0. The number of allylic oxidation sites excluding steroid dienone is 1. The van der Waals surface area contributed by atoms with Gasteiger partial charge in [0.1, 0.15) is 0 Å². The molecule has 224 valence electrons. The van der Waals surface area contributed by atoms with Crippen molar-refractivity contribution in [2.24, 2.45) is 4.99 Å². The molecule has 0 fully saturated rings. The molecule has 3 heteroatoms. The van der Waals surface area contributed by atoms with Gasteiger partial charge in [0.05, 0.1) is 0 Å². The molecule has 0 unspecified atom stereocenters. The van der Waals surface area contributed by atoms with Crippen molar-refractivity contribution in [3.05, 3.63) is 204 Å². The van der Waals surface area contributed by atoms with Gasteiger partial charge in [0.15, 0.2) is 0 Å². The molecule has 6 aromatic carbocycles. The second-order valence-electron chi connectivity index (χ2n) is 11.7. The van der Waals surface area contributed by atoms with Crippen LogP contribution in [0, 0.1) is 0 Å². The molecular weight excluding hydrogens is 577 g/mol. The molecule has 0 atom stereocenters. The Morgan fingerprint density at radius 2 is 0.826 bits per heavy atom. The molecule has 7 rings (SSSR count). The molecule has 0 aliphatic carbocycles. The van der Waals surface area contributed by atoms with E-state index in [-0.39, 0.29) is 0 Å². The second-order valence-corrected chi connectivity index (χ2v) is 16.0. The number of hydrogen-bond donors (Lipinski definition) is 0. The van der Waals surface area contributed by atoms with E-state index in [9.17, 15) is 0 Å². The Hall–Kier alpha value is -5.30. The summed E-state index contributed by atoms with van der Waals surface area (Å²) in [5.74, 6) is 0.624. The molecule has 0 bridgehead atoms. The van der Waals surface area contributed by atoms with Gasteiger partial charge in [-0.25, -0.2) is 0 Å². The molecule has 0 N–H and O–H groups in total. The van der Waals surface area contributed by atoms with Crippen LogP contribution in [-0.4, -0.2) is 5.90 Å². The van der Waals surface area contributed by atoms with E-state index in [1.54, 1.807) is 0 Å². The van der Waals surface area contributed by atoms with Crippen LogP contribution in [0.3, 0.4) is 0 Å². The van der Waals surface area contributed by atoms with E-state index < -0.39 is 6.83 Å². The van der Waals surface area contributed by atoms with Crippen LogP contribution in [0.15, 0.2) is 193 Å². The van der Waals surface area contributed by atoms with Crippen molar-refractivity contribution in [3.63, 3.8) is 0 Å². The molecule has 1 aliphatic rings. The minimum atomic E-state index is -4.01. The first-order valence-corrected chi connectivity index (χ1v) is 17.8. The topological polar surface area (TPSA) is 21.6 Å². The first-order valence-electron chi connectivity index (χ1n) is 15.7. The average Bonchev–Trinajstić information content (AvgIpc) is 3.46. The second kappa shape index (κ2) is 12.2. The summed E-state index contributed by atoms with van der Waals surface area (Å²) in [5.41, 5.74) is 6.26. The van der Waals surface area contributed by atoms with E-state index in [1.165, 1.54) is 0 Å². The van der Waals surface area contributed by atoms with Gasteiger partial charge in [-0.05, 0) is 0 Å². The average molecular weight is 614 g/mol. The fourth-order valence-electron chi connectivity index (χ4n) is 6.80. The van der Waals surface area contributed by atoms with E-state index in [1.807, 2.05) is 6.07 Å². The predicted molar refractivity (Wildman–Crippen MR) is 198 cm³/mol. The predicted octanol–water partition coefficient (Wildman–Crippen LogP) is 9.88. The molecule has 1 aliphatic heterocycles. The zero-order valence-electron chi connectivity index (χ0n) is 26.1. The normalized spacial score (nSPS) is 16.7. The van der Waals surface area contributed by atoms with E-state index >= 15 is 0 Å². The summed E-state index contributed by atoms with van der Waals surface area (Å²) >= 11 is 0. The zero-order chi connectivity index (χ0) is 31.4. The third-order valence-electron chi connectivity index (χ3n) is 8.74. The first-order chi connectivity index (χ1) is 22.6. The number of benzene rings is 6. The standard InChI is InChI=1S/C43H36NOP/c1-33(2)41(35-23-11-4-12-24-35)44-43-40(34-21-9-3-10-22-34)42(36-25-13-5-14-26-36)46(45-43,37-27-15-6-16-28-37,38-29-17-7-18-30-38)39-31-19-8-20-32-39/h3-32H,1-2H3. The van der Waals surface area contributed by atoms with Crippen molar-refractivity contribution < 1.29 is 4.52 Å². The zero-order valence-corrected chi connectivity index (χ0v) is 27.0. The molecule has 6 aromatic rings. The molecule has 0 radical (unpaired) electrons. The molecular formula is C43H36NOP. The molecule has 0 spiro atoms. The van der Waals surface area contributed by atoms with E-state index in [2.05, 4.69) is 190 Å². The third-order valence-corrected chi connectivity index (χ3v) is 14.5. The van der Waals surface area contributed by atoms with E-state index in [0.29, 0.717) is 5.90 Å². The third kappa shape index (κ3) is 4.66. The van der Waals surface area contributed by atoms with Gasteiger partial charge in [-0.2, -0.15) is 0 Å². The van der Waals surface area contributed by atoms with Gasteiger partial charge in [-0.15, -0.1) is 0 Å². The first kappa shape index (κ1) is 29.4. The maximum atomic E-state index is 8.00. The number of rotatable bonds is 7. The number of hydrogen-bond acceptors (Lipinski definition) is 2. The van der Waals surface area contributed by atoms with Crippen LogP contribution in [0.25, 0.3) is 16.6 Å². The van der Waals surface area contributed by atoms with Gasteiger partial charge < -0.3 is 0 Å². The molecule has 2 nitrogen and oxygen atoms in total. The van der Waals surface area contributed by atoms with Crippen molar-refractivity contribution in [1.29, 1.82) is 0 Å². The molecule has 0 saturated carbocycles. The minimum absolute atomic E-state index is 0.624. The number of nitrogens with zero attached hydrogens (tertiary/aromatic N) is 1. The van der Waals surface area contributed by atoms with Crippen LogP contribution in [0.2, 0.25) is 0 Å². The van der Waals surface area contributed by atoms with Crippen molar-refractivity contribution in [3.8, 4) is 0 Å². The summed E-state index contributed by atoms with van der Waals surface area (Å²) in [6, 6.07) is 64.3. The summed E-state index contributed by atoms with van der Waals surface area (Å²) < 4.78 is 8.00. The monoisotopic (exact) mass is 613 g/mol. The Bertz CT molecular complexity index is 1950. The SMILES string of the molecule is CC(C)=C(N=C1OP(c2ccccc2)(c2ccccc2)(c2ccccc2)C(c2ccccc2)=C1c1ccccc1)c1ccccc1. The van der Waals surface area contributed by atoms with Crippen molar-refractivity contribution in [1.82, 2.24) is 0 Å². The van der Waals surface area contributed by atoms with Gasteiger partial charge in [-0.1, -0.05) is 0 Å². The van der Waals surface area contributed by atoms with Crippen molar-refractivity contribution >= 4 is 45.2 Å². The maximum absolute atomic E-state index is 8.00. The van der Waals surface area contributed by atoms with E-state index in [4.69, 9.17) is 9.52 Å². The van der Waals surface area contributed by atoms with Gasteiger partial charge in [-0.3, -0.25) is 0 Å². The molecule has 0 amide bonds. The van der Waals surface area contributed by atoms with Gasteiger partial charge >= 0.3 is 273 Å². The van der Waals surface area contributed by atoms with Crippen molar-refractivity contribution in [2.75, 3.05) is 0 Å². The van der Waals surface area contributed by atoms with Crippen LogP contribution < -0.4 is 15.9 Å². The Labute approximate surface area is 272 Å². The number of aliphatic imine (C=N–C) groups is 1. The summed E-state index contributed by atoms with van der Waals surface area (Å²) in [5, 5.41) is 4.53. The molecule has 0 aromatic heterocycles. The fourth-order valence-corrected chi connectivity index (χ4v) is 12.9. The summed E-state index contributed by atoms with van der Waals surface area (Å²) in [4.78, 5) is 5.54. The Morgan fingerprint density at radius 3 is 1.24 bits per heavy atom. The van der Waals surface area contributed by atoms with Crippen molar-refractivity contribution in [2.45, 2.75) is 13.8 Å². The molecule has 1 heterocycles. The van der Waals surface area contributed by atoms with Crippen LogP contribution in [0.5, 0.6) is 0 Å². The Balaban J connectivity index is 1.75. The summed E-state index contributed by atoms with van der Waals surface area (Å²) in [6.07, 6.45) is 0. The molecule has 46 heavy (non-hydrogen) atoms. The van der Waals surface area contributed by atoms with Gasteiger partial charge in [0.2, 0.25) is 0 Å². The van der Waals surface area contributed by atoms with Gasteiger partial charge in [0.25, 0.3) is 0 Å².